The summed E-state index contributed by atoms with van der Waals surface area (Å²) in [4.78, 5) is 29.2. The van der Waals surface area contributed by atoms with E-state index < -0.39 is 7.60 Å². The van der Waals surface area contributed by atoms with Gasteiger partial charge in [-0.2, -0.15) is 0 Å². The second-order valence-electron chi connectivity index (χ2n) is 3.50. The Balaban J connectivity index is 3.56. The second kappa shape index (κ2) is 4.91. The number of aldehydes is 1. The fraction of sp³-hybridized carbons (Fsp3) is 0.364. The average Bonchev–Trinajstić information content (AvgIpc) is 2.25. The summed E-state index contributed by atoms with van der Waals surface area (Å²) in [5, 5.41) is 0.0393. The van der Waals surface area contributed by atoms with Crippen LogP contribution >= 0.6 is 7.60 Å². The molecular formula is C11H15O4P. The molecule has 0 spiro atoms. The van der Waals surface area contributed by atoms with Crippen molar-refractivity contribution in [2.24, 2.45) is 0 Å². The first kappa shape index (κ1) is 13.1. The Morgan fingerprint density at radius 2 is 1.75 bits per heavy atom. The van der Waals surface area contributed by atoms with Crippen molar-refractivity contribution in [3.63, 3.8) is 0 Å². The maximum atomic E-state index is 11.3. The molecule has 2 N–H and O–H groups in total. The van der Waals surface area contributed by atoms with Gasteiger partial charge in [-0.3, -0.25) is 9.36 Å². The molecule has 0 aliphatic heterocycles. The van der Waals surface area contributed by atoms with Gasteiger partial charge in [0.1, 0.15) is 6.29 Å². The molecule has 0 fully saturated rings. The molecule has 0 heterocycles. The van der Waals surface area contributed by atoms with Crippen molar-refractivity contribution in [1.82, 2.24) is 0 Å². The number of hydrogen-bond donors (Lipinski definition) is 2. The van der Waals surface area contributed by atoms with Gasteiger partial charge in [0, 0.05) is 5.56 Å². The zero-order chi connectivity index (χ0) is 12.3. The lowest BCUT2D eigenvalue weighted by Crippen LogP contribution is -2.15. The molecule has 0 radical (unpaired) electrons. The van der Waals surface area contributed by atoms with Gasteiger partial charge in [-0.05, 0) is 30.0 Å². The van der Waals surface area contributed by atoms with Crippen molar-refractivity contribution in [3.05, 3.63) is 28.8 Å². The molecule has 0 saturated carbocycles. The van der Waals surface area contributed by atoms with E-state index in [1.807, 2.05) is 13.8 Å². The Morgan fingerprint density at radius 3 is 2.12 bits per heavy atom. The summed E-state index contributed by atoms with van der Waals surface area (Å²) in [6, 6.07) is 2.82. The van der Waals surface area contributed by atoms with E-state index in [1.54, 1.807) is 0 Å². The van der Waals surface area contributed by atoms with E-state index in [-0.39, 0.29) is 5.30 Å². The van der Waals surface area contributed by atoms with E-state index in [0.29, 0.717) is 24.0 Å². The number of carbonyl (C=O) groups is 1. The second-order valence-corrected chi connectivity index (χ2v) is 5.07. The minimum Gasteiger partial charge on any atom is -0.321 e. The van der Waals surface area contributed by atoms with Crippen LogP contribution in [0.5, 0.6) is 0 Å². The number of benzene rings is 1. The summed E-state index contributed by atoms with van der Waals surface area (Å²) in [7, 11) is -4.26. The molecule has 1 aromatic carbocycles. The zero-order valence-corrected chi connectivity index (χ0v) is 10.2. The predicted octanol–water partition coefficient (Wildman–Crippen LogP) is 1.43. The quantitative estimate of drug-likeness (QED) is 0.618. The van der Waals surface area contributed by atoms with Gasteiger partial charge in [-0.25, -0.2) is 0 Å². The van der Waals surface area contributed by atoms with Crippen LogP contribution in [0, 0.1) is 0 Å². The lowest BCUT2D eigenvalue weighted by Gasteiger charge is -2.15. The van der Waals surface area contributed by atoms with Crippen LogP contribution < -0.4 is 5.30 Å². The van der Waals surface area contributed by atoms with Gasteiger partial charge in [0.25, 0.3) is 0 Å². The molecule has 0 saturated heterocycles. The predicted molar refractivity (Wildman–Crippen MR) is 62.3 cm³/mol. The third-order valence-corrected chi connectivity index (χ3v) is 3.64. The standard InChI is InChI=1S/C11H15O4P/c1-3-9-8(7-12)5-6-11(10(9)4-2)16(13,14)15/h5-7H,3-4H2,1-2H3,(H2,13,14,15). The normalized spacial score (nSPS) is 11.5. The molecule has 5 heteroatoms. The summed E-state index contributed by atoms with van der Waals surface area (Å²) in [6.07, 6.45) is 1.82. The maximum Gasteiger partial charge on any atom is 0.356 e. The summed E-state index contributed by atoms with van der Waals surface area (Å²) >= 11 is 0. The minimum atomic E-state index is -4.26. The molecule has 88 valence electrons. The molecule has 1 rings (SSSR count). The van der Waals surface area contributed by atoms with Crippen LogP contribution in [-0.4, -0.2) is 16.1 Å². The molecule has 16 heavy (non-hydrogen) atoms. The maximum absolute atomic E-state index is 11.3. The topological polar surface area (TPSA) is 74.6 Å². The molecule has 0 aromatic heterocycles. The van der Waals surface area contributed by atoms with E-state index in [4.69, 9.17) is 0 Å². The van der Waals surface area contributed by atoms with Crippen LogP contribution in [0.2, 0.25) is 0 Å². The third kappa shape index (κ3) is 2.40. The van der Waals surface area contributed by atoms with Crippen LogP contribution in [0.25, 0.3) is 0 Å². The van der Waals surface area contributed by atoms with Crippen LogP contribution in [0.3, 0.4) is 0 Å². The number of rotatable bonds is 4. The fourth-order valence-corrected chi connectivity index (χ4v) is 2.81. The third-order valence-electron chi connectivity index (χ3n) is 2.59. The Kier molecular flexibility index (Phi) is 4.03. The van der Waals surface area contributed by atoms with Crippen molar-refractivity contribution < 1.29 is 19.1 Å². The molecular weight excluding hydrogens is 227 g/mol. The molecule has 4 nitrogen and oxygen atoms in total. The van der Waals surface area contributed by atoms with Gasteiger partial charge in [0.15, 0.2) is 0 Å². The Bertz CT molecular complexity index is 448. The summed E-state index contributed by atoms with van der Waals surface area (Å²) < 4.78 is 11.3. The molecule has 1 aromatic rings. The highest BCUT2D eigenvalue weighted by molar-refractivity contribution is 7.60. The first-order chi connectivity index (χ1) is 7.45. The summed E-state index contributed by atoms with van der Waals surface area (Å²) in [5.41, 5.74) is 1.84. The smallest absolute Gasteiger partial charge is 0.321 e. The van der Waals surface area contributed by atoms with E-state index in [1.165, 1.54) is 12.1 Å². The molecule has 0 atom stereocenters. The van der Waals surface area contributed by atoms with Gasteiger partial charge in [-0.15, -0.1) is 0 Å². The fourth-order valence-electron chi connectivity index (χ4n) is 1.89. The highest BCUT2D eigenvalue weighted by Crippen LogP contribution is 2.36. The molecule has 0 aliphatic rings. The van der Waals surface area contributed by atoms with Gasteiger partial charge in [0.05, 0.1) is 5.30 Å². The largest absolute Gasteiger partial charge is 0.356 e. The molecule has 0 aliphatic carbocycles. The van der Waals surface area contributed by atoms with E-state index in [9.17, 15) is 19.1 Å². The van der Waals surface area contributed by atoms with Crippen LogP contribution in [0.15, 0.2) is 12.1 Å². The number of carbonyl (C=O) groups excluding carboxylic acids is 1. The van der Waals surface area contributed by atoms with Gasteiger partial charge in [0.2, 0.25) is 0 Å². The number of hydrogen-bond acceptors (Lipinski definition) is 2. The SMILES string of the molecule is CCc1c(C=O)ccc(P(=O)(O)O)c1CC. The highest BCUT2D eigenvalue weighted by Gasteiger charge is 2.23. The Labute approximate surface area is 94.5 Å². The van der Waals surface area contributed by atoms with E-state index in [2.05, 4.69) is 0 Å². The highest BCUT2D eigenvalue weighted by atomic mass is 31.2. The van der Waals surface area contributed by atoms with Crippen molar-refractivity contribution in [3.8, 4) is 0 Å². The van der Waals surface area contributed by atoms with Crippen molar-refractivity contribution in [1.29, 1.82) is 0 Å². The zero-order valence-electron chi connectivity index (χ0n) is 9.30. The van der Waals surface area contributed by atoms with Crippen LogP contribution in [0.1, 0.15) is 35.3 Å². The Hall–Kier alpha value is -0.960. The summed E-state index contributed by atoms with van der Waals surface area (Å²) in [6.45, 7) is 3.69. The van der Waals surface area contributed by atoms with Crippen molar-refractivity contribution >= 4 is 19.2 Å². The first-order valence-corrected chi connectivity index (χ1v) is 6.72. The Morgan fingerprint density at radius 1 is 1.19 bits per heavy atom. The van der Waals surface area contributed by atoms with Gasteiger partial charge < -0.3 is 9.79 Å². The monoisotopic (exact) mass is 242 g/mol. The van der Waals surface area contributed by atoms with Gasteiger partial charge in [-0.1, -0.05) is 19.9 Å². The van der Waals surface area contributed by atoms with Crippen LogP contribution in [0.4, 0.5) is 0 Å². The van der Waals surface area contributed by atoms with Gasteiger partial charge >= 0.3 is 7.60 Å². The molecule has 0 unspecified atom stereocenters. The van der Waals surface area contributed by atoms with E-state index in [0.717, 1.165) is 11.8 Å². The van der Waals surface area contributed by atoms with Crippen molar-refractivity contribution in [2.75, 3.05) is 0 Å². The first-order valence-electron chi connectivity index (χ1n) is 5.11. The average molecular weight is 242 g/mol. The minimum absolute atomic E-state index is 0.0393. The summed E-state index contributed by atoms with van der Waals surface area (Å²) in [5.74, 6) is 0. The van der Waals surface area contributed by atoms with E-state index >= 15 is 0 Å². The van der Waals surface area contributed by atoms with Crippen molar-refractivity contribution in [2.45, 2.75) is 26.7 Å². The van der Waals surface area contributed by atoms with Crippen LogP contribution in [-0.2, 0) is 17.4 Å². The lowest BCUT2D eigenvalue weighted by atomic mass is 9.98. The lowest BCUT2D eigenvalue weighted by molar-refractivity contribution is 0.112. The molecule has 0 bridgehead atoms. The molecule has 0 amide bonds.